The number of carbonyl (C=O) groups excluding carboxylic acids is 2. The number of thioether (sulfide) groups is 1. The van der Waals surface area contributed by atoms with Crippen LogP contribution < -0.4 is 10.9 Å². The third-order valence-corrected chi connectivity index (χ3v) is 6.69. The number of amides is 2. The lowest BCUT2D eigenvalue weighted by Crippen LogP contribution is -2.42. The topological polar surface area (TPSA) is 63.1 Å². The minimum Gasteiger partial charge on any atom is -0.315 e. The van der Waals surface area contributed by atoms with Crippen molar-refractivity contribution in [2.24, 2.45) is 0 Å². The number of carbonyl (C=O) groups is 2. The second kappa shape index (κ2) is 7.58. The van der Waals surface area contributed by atoms with E-state index in [1.165, 1.54) is 23.1 Å². The smallest absolute Gasteiger partial charge is 0.273 e. The summed E-state index contributed by atoms with van der Waals surface area (Å²) in [6, 6.07) is 9.43. The van der Waals surface area contributed by atoms with Crippen LogP contribution >= 0.6 is 23.1 Å². The van der Waals surface area contributed by atoms with Gasteiger partial charge in [-0.25, -0.2) is 4.39 Å². The lowest BCUT2D eigenvalue weighted by molar-refractivity contribution is 0.0844. The van der Waals surface area contributed by atoms with E-state index in [1.54, 1.807) is 17.4 Å². The zero-order valence-electron chi connectivity index (χ0n) is 14.2. The third-order valence-electron chi connectivity index (χ3n) is 4.28. The predicted octanol–water partition coefficient (Wildman–Crippen LogP) is 3.54. The number of nitrogens with zero attached hydrogens (tertiary/aromatic N) is 1. The maximum atomic E-state index is 13.7. The van der Waals surface area contributed by atoms with Crippen molar-refractivity contribution in [1.29, 1.82) is 0 Å². The number of nitrogens with one attached hydrogen (secondary N) is 2. The largest absolute Gasteiger partial charge is 0.315 e. The molecule has 1 aliphatic rings. The SMILES string of the molecule is O=C(NNC(=O)c1c(-n2cccc2)sc2c1CCSC2)c1ccccc1F. The molecule has 0 bridgehead atoms. The molecule has 3 heterocycles. The van der Waals surface area contributed by atoms with Crippen LogP contribution in [0.5, 0.6) is 0 Å². The first kappa shape index (κ1) is 17.8. The molecule has 0 unspecified atom stereocenters. The fourth-order valence-corrected chi connectivity index (χ4v) is 5.44. The Kier molecular flexibility index (Phi) is 5.00. The van der Waals surface area contributed by atoms with E-state index in [4.69, 9.17) is 0 Å². The van der Waals surface area contributed by atoms with Gasteiger partial charge in [0.2, 0.25) is 0 Å². The number of halogens is 1. The fourth-order valence-electron chi connectivity index (χ4n) is 2.99. The maximum Gasteiger partial charge on any atom is 0.273 e. The molecule has 0 spiro atoms. The Morgan fingerprint density at radius 3 is 2.56 bits per heavy atom. The molecule has 2 N–H and O–H groups in total. The van der Waals surface area contributed by atoms with Crippen LogP contribution in [0, 0.1) is 5.82 Å². The second-order valence-corrected chi connectivity index (χ2v) is 8.15. The minimum atomic E-state index is -0.691. The van der Waals surface area contributed by atoms with Gasteiger partial charge in [0.05, 0.1) is 11.1 Å². The molecule has 138 valence electrons. The molecular weight excluding hydrogens is 385 g/mol. The van der Waals surface area contributed by atoms with E-state index in [9.17, 15) is 14.0 Å². The Labute approximate surface area is 163 Å². The molecule has 2 amide bonds. The minimum absolute atomic E-state index is 0.118. The number of benzene rings is 1. The van der Waals surface area contributed by atoms with Gasteiger partial charge in [0, 0.05) is 23.0 Å². The predicted molar refractivity (Wildman–Crippen MR) is 105 cm³/mol. The van der Waals surface area contributed by atoms with Gasteiger partial charge in [-0.3, -0.25) is 20.4 Å². The lowest BCUT2D eigenvalue weighted by Gasteiger charge is -2.13. The summed E-state index contributed by atoms with van der Waals surface area (Å²) in [5.41, 5.74) is 6.24. The molecule has 0 saturated heterocycles. The Morgan fingerprint density at radius 2 is 1.78 bits per heavy atom. The van der Waals surface area contributed by atoms with Gasteiger partial charge >= 0.3 is 0 Å². The van der Waals surface area contributed by atoms with Crippen LogP contribution in [0.25, 0.3) is 5.00 Å². The van der Waals surface area contributed by atoms with Gasteiger partial charge in [0.15, 0.2) is 0 Å². The highest BCUT2D eigenvalue weighted by Gasteiger charge is 2.26. The molecule has 1 aliphatic heterocycles. The summed E-state index contributed by atoms with van der Waals surface area (Å²) in [5.74, 6) is 0.110. The molecular formula is C19H16FN3O2S2. The number of rotatable bonds is 3. The van der Waals surface area contributed by atoms with Crippen molar-refractivity contribution in [2.75, 3.05) is 5.75 Å². The van der Waals surface area contributed by atoms with Crippen molar-refractivity contribution >= 4 is 34.9 Å². The van der Waals surface area contributed by atoms with Crippen LogP contribution in [0.15, 0.2) is 48.8 Å². The van der Waals surface area contributed by atoms with Gasteiger partial charge in [-0.1, -0.05) is 12.1 Å². The molecule has 0 atom stereocenters. The number of thiophene rings is 1. The van der Waals surface area contributed by atoms with Gasteiger partial charge in [0.1, 0.15) is 10.8 Å². The standard InChI is InChI=1S/C19H16FN3O2S2/c20-14-6-2-1-5-12(14)17(24)21-22-18(25)16-13-7-10-26-11-15(13)27-19(16)23-8-3-4-9-23/h1-6,8-9H,7,10-11H2,(H,21,24)(H,22,25). The highest BCUT2D eigenvalue weighted by Crippen LogP contribution is 2.38. The van der Waals surface area contributed by atoms with Gasteiger partial charge in [0.25, 0.3) is 11.8 Å². The summed E-state index contributed by atoms with van der Waals surface area (Å²) in [6.45, 7) is 0. The van der Waals surface area contributed by atoms with Crippen molar-refractivity contribution in [2.45, 2.75) is 12.2 Å². The van der Waals surface area contributed by atoms with Crippen molar-refractivity contribution in [1.82, 2.24) is 15.4 Å². The first-order valence-electron chi connectivity index (χ1n) is 8.36. The summed E-state index contributed by atoms with van der Waals surface area (Å²) < 4.78 is 15.6. The molecule has 0 aliphatic carbocycles. The Balaban J connectivity index is 1.59. The van der Waals surface area contributed by atoms with Crippen LogP contribution in [0.4, 0.5) is 4.39 Å². The normalized spacial score (nSPS) is 13.1. The van der Waals surface area contributed by atoms with Crippen LogP contribution in [0.1, 0.15) is 31.2 Å². The first-order valence-corrected chi connectivity index (χ1v) is 10.3. The summed E-state index contributed by atoms with van der Waals surface area (Å²) in [4.78, 5) is 26.2. The molecule has 2 aromatic heterocycles. The van der Waals surface area contributed by atoms with Crippen LogP contribution in [0.3, 0.4) is 0 Å². The Bertz CT molecular complexity index is 999. The third kappa shape index (κ3) is 3.50. The van der Waals surface area contributed by atoms with E-state index in [0.29, 0.717) is 5.56 Å². The number of hydrazine groups is 1. The number of aromatic nitrogens is 1. The second-order valence-electron chi connectivity index (χ2n) is 5.96. The quantitative estimate of drug-likeness (QED) is 0.660. The van der Waals surface area contributed by atoms with E-state index in [1.807, 2.05) is 40.9 Å². The van der Waals surface area contributed by atoms with Crippen LogP contribution in [-0.4, -0.2) is 22.1 Å². The molecule has 0 saturated carbocycles. The highest BCUT2D eigenvalue weighted by atomic mass is 32.2. The van der Waals surface area contributed by atoms with E-state index < -0.39 is 17.6 Å². The first-order chi connectivity index (χ1) is 13.1. The molecule has 8 heteroatoms. The zero-order chi connectivity index (χ0) is 18.8. The molecule has 4 rings (SSSR count). The van der Waals surface area contributed by atoms with Gasteiger partial charge in [-0.15, -0.1) is 11.3 Å². The Morgan fingerprint density at radius 1 is 1.04 bits per heavy atom. The van der Waals surface area contributed by atoms with E-state index in [2.05, 4.69) is 10.9 Å². The molecule has 27 heavy (non-hydrogen) atoms. The average molecular weight is 401 g/mol. The van der Waals surface area contributed by atoms with Crippen molar-refractivity contribution in [3.8, 4) is 5.00 Å². The van der Waals surface area contributed by atoms with Crippen LogP contribution in [-0.2, 0) is 12.2 Å². The molecule has 0 fully saturated rings. The van der Waals surface area contributed by atoms with E-state index in [-0.39, 0.29) is 5.56 Å². The summed E-state index contributed by atoms with van der Waals surface area (Å²) in [5, 5.41) is 0.824. The highest BCUT2D eigenvalue weighted by molar-refractivity contribution is 7.98. The van der Waals surface area contributed by atoms with Gasteiger partial charge in [-0.2, -0.15) is 11.8 Å². The summed E-state index contributed by atoms with van der Waals surface area (Å²) in [7, 11) is 0. The molecule has 3 aromatic rings. The summed E-state index contributed by atoms with van der Waals surface area (Å²) in [6.07, 6.45) is 4.58. The van der Waals surface area contributed by atoms with E-state index >= 15 is 0 Å². The monoisotopic (exact) mass is 401 g/mol. The molecule has 0 radical (unpaired) electrons. The fraction of sp³-hybridized carbons (Fsp3) is 0.158. The number of fused-ring (bicyclic) bond motifs is 1. The van der Waals surface area contributed by atoms with Gasteiger partial charge < -0.3 is 4.57 Å². The van der Waals surface area contributed by atoms with Crippen molar-refractivity contribution in [3.63, 3.8) is 0 Å². The van der Waals surface area contributed by atoms with Crippen molar-refractivity contribution in [3.05, 3.63) is 76.2 Å². The summed E-state index contributed by atoms with van der Waals surface area (Å²) >= 11 is 3.43. The lowest BCUT2D eigenvalue weighted by atomic mass is 10.1. The van der Waals surface area contributed by atoms with Crippen LogP contribution in [0.2, 0.25) is 0 Å². The van der Waals surface area contributed by atoms with E-state index in [0.717, 1.165) is 28.5 Å². The Hall–Kier alpha value is -2.58. The number of hydrogen-bond acceptors (Lipinski definition) is 4. The molecule has 1 aromatic carbocycles. The maximum absolute atomic E-state index is 13.7. The molecule has 5 nitrogen and oxygen atoms in total. The zero-order valence-corrected chi connectivity index (χ0v) is 15.8. The van der Waals surface area contributed by atoms with Gasteiger partial charge in [-0.05, 0) is 42.0 Å². The van der Waals surface area contributed by atoms with Crippen molar-refractivity contribution < 1.29 is 14.0 Å². The number of hydrogen-bond donors (Lipinski definition) is 2. The average Bonchev–Trinajstić information content (AvgIpc) is 3.33.